The molecule has 0 bridgehead atoms. The zero-order chi connectivity index (χ0) is 22.8. The summed E-state index contributed by atoms with van der Waals surface area (Å²) in [6.07, 6.45) is 1.14. The van der Waals surface area contributed by atoms with Crippen LogP contribution in [0, 0.1) is 25.5 Å². The van der Waals surface area contributed by atoms with Crippen LogP contribution < -0.4 is 9.62 Å². The monoisotopic (exact) mass is 444 g/mol. The van der Waals surface area contributed by atoms with Gasteiger partial charge in [-0.05, 0) is 66.9 Å². The fourth-order valence-corrected chi connectivity index (χ4v) is 3.87. The molecule has 0 saturated carbocycles. The Hall–Kier alpha value is -3.26. The lowest BCUT2D eigenvalue weighted by atomic mass is 10.1. The van der Waals surface area contributed by atoms with Crippen molar-refractivity contribution in [2.45, 2.75) is 20.4 Å². The second-order valence-corrected chi connectivity index (χ2v) is 9.22. The third-order valence-corrected chi connectivity index (χ3v) is 6.04. The van der Waals surface area contributed by atoms with E-state index >= 15 is 0 Å². The Bertz CT molecular complexity index is 1230. The Balaban J connectivity index is 1.78. The summed E-state index contributed by atoms with van der Waals surface area (Å²) in [5.74, 6) is -2.55. The van der Waals surface area contributed by atoms with Gasteiger partial charge in [0, 0.05) is 17.3 Å². The number of amides is 1. The molecule has 8 heteroatoms. The summed E-state index contributed by atoms with van der Waals surface area (Å²) < 4.78 is 52.4. The molecule has 0 aliphatic carbocycles. The highest BCUT2D eigenvalue weighted by atomic mass is 32.2. The lowest BCUT2D eigenvalue weighted by Crippen LogP contribution is -2.29. The number of halogens is 2. The van der Waals surface area contributed by atoms with Gasteiger partial charge >= 0.3 is 0 Å². The van der Waals surface area contributed by atoms with Crippen LogP contribution in [0.5, 0.6) is 0 Å². The maximum Gasteiger partial charge on any atom is 0.255 e. The first-order valence-corrected chi connectivity index (χ1v) is 11.3. The molecule has 0 heterocycles. The van der Waals surface area contributed by atoms with E-state index < -0.39 is 27.6 Å². The second kappa shape index (κ2) is 8.85. The van der Waals surface area contributed by atoms with Gasteiger partial charge in [0.1, 0.15) is 0 Å². The third-order valence-electron chi connectivity index (χ3n) is 4.90. The number of aryl methyl sites for hydroxylation is 2. The van der Waals surface area contributed by atoms with Gasteiger partial charge in [0.05, 0.1) is 18.5 Å². The van der Waals surface area contributed by atoms with Crippen LogP contribution in [-0.2, 0) is 16.6 Å². The van der Waals surface area contributed by atoms with E-state index in [1.807, 2.05) is 26.0 Å². The number of nitrogens with zero attached hydrogens (tertiary/aromatic N) is 1. The van der Waals surface area contributed by atoms with Crippen LogP contribution in [0.3, 0.4) is 0 Å². The van der Waals surface area contributed by atoms with Crippen molar-refractivity contribution in [3.63, 3.8) is 0 Å². The molecule has 1 N–H and O–H groups in total. The molecule has 31 heavy (non-hydrogen) atoms. The molecule has 0 aliphatic rings. The van der Waals surface area contributed by atoms with E-state index in [1.54, 1.807) is 30.3 Å². The van der Waals surface area contributed by atoms with Crippen LogP contribution in [0.25, 0.3) is 0 Å². The Kier molecular flexibility index (Phi) is 6.40. The minimum absolute atomic E-state index is 0.104. The average Bonchev–Trinajstić information content (AvgIpc) is 2.71. The largest absolute Gasteiger partial charge is 0.322 e. The van der Waals surface area contributed by atoms with Gasteiger partial charge in [-0.1, -0.05) is 18.2 Å². The molecule has 0 unspecified atom stereocenters. The molecule has 3 aromatic rings. The molecule has 0 radical (unpaired) electrons. The number of benzene rings is 3. The molecular formula is C23H22F2N2O3S. The predicted octanol–water partition coefficient (Wildman–Crippen LogP) is 4.80. The molecule has 3 rings (SSSR count). The highest BCUT2D eigenvalue weighted by molar-refractivity contribution is 7.92. The Morgan fingerprint density at radius 2 is 1.58 bits per heavy atom. The molecule has 0 spiro atoms. The molecule has 0 fully saturated rings. The van der Waals surface area contributed by atoms with Gasteiger partial charge in [0.15, 0.2) is 11.6 Å². The second-order valence-electron chi connectivity index (χ2n) is 7.32. The number of hydrogen-bond donors (Lipinski definition) is 1. The standard InChI is InChI=1S/C23H22F2N2O3S/c1-15-4-10-20(12-16(15)2)27(31(3,29)30)14-17-5-7-18(8-6-17)23(28)26-19-9-11-21(24)22(25)13-19/h4-13H,14H2,1-3H3,(H,26,28). The summed E-state index contributed by atoms with van der Waals surface area (Å²) in [5.41, 5.74) is 3.72. The number of sulfonamides is 1. The Morgan fingerprint density at radius 1 is 0.903 bits per heavy atom. The van der Waals surface area contributed by atoms with Gasteiger partial charge in [0.25, 0.3) is 5.91 Å². The third kappa shape index (κ3) is 5.46. The Labute approximate surface area is 180 Å². The molecule has 1 amide bonds. The molecule has 5 nitrogen and oxygen atoms in total. The summed E-state index contributed by atoms with van der Waals surface area (Å²) in [4.78, 5) is 12.4. The van der Waals surface area contributed by atoms with Gasteiger partial charge < -0.3 is 5.32 Å². The lowest BCUT2D eigenvalue weighted by Gasteiger charge is -2.23. The van der Waals surface area contributed by atoms with Crippen molar-refractivity contribution < 1.29 is 22.0 Å². The molecule has 0 aliphatic heterocycles. The molecule has 0 aromatic heterocycles. The van der Waals surface area contributed by atoms with Gasteiger partial charge in [-0.3, -0.25) is 9.10 Å². The number of carbonyl (C=O) groups excluding carboxylic acids is 1. The van der Waals surface area contributed by atoms with Crippen molar-refractivity contribution in [1.82, 2.24) is 0 Å². The number of carbonyl (C=O) groups is 1. The highest BCUT2D eigenvalue weighted by Gasteiger charge is 2.19. The number of nitrogens with one attached hydrogen (secondary N) is 1. The normalized spacial score (nSPS) is 11.3. The maximum absolute atomic E-state index is 13.3. The first kappa shape index (κ1) is 22.4. The van der Waals surface area contributed by atoms with Crippen molar-refractivity contribution in [2.75, 3.05) is 15.9 Å². The quantitative estimate of drug-likeness (QED) is 0.594. The van der Waals surface area contributed by atoms with Crippen molar-refractivity contribution in [2.24, 2.45) is 0 Å². The van der Waals surface area contributed by atoms with Gasteiger partial charge in [-0.25, -0.2) is 17.2 Å². The van der Waals surface area contributed by atoms with E-state index in [1.165, 1.54) is 10.4 Å². The van der Waals surface area contributed by atoms with Crippen molar-refractivity contribution >= 4 is 27.3 Å². The first-order chi connectivity index (χ1) is 14.5. The topological polar surface area (TPSA) is 66.5 Å². The van der Waals surface area contributed by atoms with E-state index in [2.05, 4.69) is 5.32 Å². The van der Waals surface area contributed by atoms with E-state index in [-0.39, 0.29) is 12.2 Å². The zero-order valence-electron chi connectivity index (χ0n) is 17.3. The van der Waals surface area contributed by atoms with Crippen LogP contribution in [0.1, 0.15) is 27.0 Å². The van der Waals surface area contributed by atoms with Gasteiger partial charge in [0.2, 0.25) is 10.0 Å². The SMILES string of the molecule is Cc1ccc(N(Cc2ccc(C(=O)Nc3ccc(F)c(F)c3)cc2)S(C)(=O)=O)cc1C. The average molecular weight is 445 g/mol. The lowest BCUT2D eigenvalue weighted by molar-refractivity contribution is 0.102. The van der Waals surface area contributed by atoms with Crippen molar-refractivity contribution in [1.29, 1.82) is 0 Å². The summed E-state index contributed by atoms with van der Waals surface area (Å²) in [6.45, 7) is 3.97. The predicted molar refractivity (Wildman–Crippen MR) is 118 cm³/mol. The maximum atomic E-state index is 13.3. The summed E-state index contributed by atoms with van der Waals surface area (Å²) in [7, 11) is -3.53. The zero-order valence-corrected chi connectivity index (χ0v) is 18.1. The van der Waals surface area contributed by atoms with E-state index in [0.29, 0.717) is 16.8 Å². The summed E-state index contributed by atoms with van der Waals surface area (Å²) in [5, 5.41) is 2.50. The smallest absolute Gasteiger partial charge is 0.255 e. The van der Waals surface area contributed by atoms with Gasteiger partial charge in [-0.2, -0.15) is 0 Å². The number of hydrogen-bond acceptors (Lipinski definition) is 3. The van der Waals surface area contributed by atoms with Crippen molar-refractivity contribution in [3.8, 4) is 0 Å². The first-order valence-electron chi connectivity index (χ1n) is 9.45. The minimum atomic E-state index is -3.53. The van der Waals surface area contributed by atoms with Crippen LogP contribution >= 0.6 is 0 Å². The number of anilines is 2. The molecular weight excluding hydrogens is 422 g/mol. The molecule has 0 saturated heterocycles. The molecule has 0 atom stereocenters. The molecule has 162 valence electrons. The fraction of sp³-hybridized carbons (Fsp3) is 0.174. The van der Waals surface area contributed by atoms with E-state index in [0.717, 1.165) is 29.5 Å². The molecule has 3 aromatic carbocycles. The minimum Gasteiger partial charge on any atom is -0.322 e. The Morgan fingerprint density at radius 3 is 2.16 bits per heavy atom. The van der Waals surface area contributed by atoms with Crippen molar-refractivity contribution in [3.05, 3.63) is 94.6 Å². The van der Waals surface area contributed by atoms with Gasteiger partial charge in [-0.15, -0.1) is 0 Å². The van der Waals surface area contributed by atoms with Crippen LogP contribution in [0.2, 0.25) is 0 Å². The number of rotatable bonds is 6. The summed E-state index contributed by atoms with van der Waals surface area (Å²) in [6, 6.07) is 14.9. The fourth-order valence-electron chi connectivity index (χ4n) is 2.99. The van der Waals surface area contributed by atoms with Crippen LogP contribution in [0.4, 0.5) is 20.2 Å². The highest BCUT2D eigenvalue weighted by Crippen LogP contribution is 2.24. The van der Waals surface area contributed by atoms with Crippen LogP contribution in [-0.4, -0.2) is 20.6 Å². The van der Waals surface area contributed by atoms with Crippen LogP contribution in [0.15, 0.2) is 60.7 Å². The van der Waals surface area contributed by atoms with E-state index in [4.69, 9.17) is 0 Å². The van der Waals surface area contributed by atoms with E-state index in [9.17, 15) is 22.0 Å². The summed E-state index contributed by atoms with van der Waals surface area (Å²) >= 11 is 0.